The topological polar surface area (TPSA) is 355 Å². The average Bonchev–Trinajstić information content (AvgIpc) is 3.38. The van der Waals surface area contributed by atoms with Crippen LogP contribution in [-0.4, -0.2) is 268 Å². The molecule has 0 bridgehead atoms. The molecule has 0 amide bonds. The lowest BCUT2D eigenvalue weighted by Crippen LogP contribution is -2.32. The second-order valence-corrected chi connectivity index (χ2v) is 20.2. The molecule has 448 valence electrons. The van der Waals surface area contributed by atoms with Crippen molar-refractivity contribution in [2.24, 2.45) is 5.92 Å². The molecule has 0 radical (unpaired) electrons. The minimum Gasteiger partial charge on any atom is -0.458 e. The van der Waals surface area contributed by atoms with E-state index in [1.807, 2.05) is 12.1 Å². The molecule has 0 aliphatic carbocycles. The summed E-state index contributed by atoms with van der Waals surface area (Å²) in [6.07, 6.45) is -1.85. The molecular weight excluding hydrogens is 1060 g/mol. The summed E-state index contributed by atoms with van der Waals surface area (Å²) in [5.74, 6) is -1.03. The molecule has 0 saturated heterocycles. The summed E-state index contributed by atoms with van der Waals surface area (Å²) in [4.78, 5) is 12.4. The SMILES string of the molecule is CC(C)(C)OC(=O)COC(COCCOCCOP(=O)(CC(COCCOCCO)COCCOCCO)OCCC#N)COCCOCCOP(=O)(OCCC#N)OC(COCCOCCO)COCCOCCO. The Morgan fingerprint density at radius 1 is 0.447 bits per heavy atom. The summed E-state index contributed by atoms with van der Waals surface area (Å²) in [5, 5.41) is 53.7. The second kappa shape index (κ2) is 52.4. The molecule has 4 N–H and O–H groups in total. The van der Waals surface area contributed by atoms with Crippen molar-refractivity contribution >= 4 is 21.4 Å². The molecule has 30 heteroatoms. The molecule has 0 aromatic rings. The van der Waals surface area contributed by atoms with Gasteiger partial charge in [-0.15, -0.1) is 0 Å². The zero-order valence-corrected chi connectivity index (χ0v) is 46.5. The van der Waals surface area contributed by atoms with Crippen LogP contribution in [0.5, 0.6) is 0 Å². The Kier molecular flexibility index (Phi) is 51.0. The van der Waals surface area contributed by atoms with Crippen LogP contribution >= 0.6 is 15.4 Å². The summed E-state index contributed by atoms with van der Waals surface area (Å²) in [7, 11) is -8.06. The van der Waals surface area contributed by atoms with E-state index >= 15 is 0 Å². The number of nitrogens with zero attached hydrogens (tertiary/aromatic N) is 2. The molecule has 3 unspecified atom stereocenters. The van der Waals surface area contributed by atoms with E-state index in [2.05, 4.69) is 0 Å². The average molecular weight is 1150 g/mol. The first-order chi connectivity index (χ1) is 36.8. The van der Waals surface area contributed by atoms with Gasteiger partial charge in [-0.25, -0.2) is 9.36 Å². The van der Waals surface area contributed by atoms with E-state index in [0.29, 0.717) is 0 Å². The second-order valence-electron chi connectivity index (χ2n) is 16.5. The van der Waals surface area contributed by atoms with Crippen LogP contribution in [0.1, 0.15) is 33.6 Å². The van der Waals surface area contributed by atoms with Crippen LogP contribution in [0.4, 0.5) is 0 Å². The van der Waals surface area contributed by atoms with E-state index in [1.54, 1.807) is 20.8 Å². The van der Waals surface area contributed by atoms with E-state index in [1.165, 1.54) is 0 Å². The normalized spacial score (nSPS) is 13.9. The Bertz CT molecular complexity index is 1390. The molecule has 0 saturated carbocycles. The van der Waals surface area contributed by atoms with Gasteiger partial charge in [0.15, 0.2) is 0 Å². The van der Waals surface area contributed by atoms with Gasteiger partial charge in [0.1, 0.15) is 24.4 Å². The van der Waals surface area contributed by atoms with Crippen LogP contribution in [0.25, 0.3) is 0 Å². The number of hydrogen-bond acceptors (Lipinski definition) is 28. The Hall–Kier alpha value is -1.97. The van der Waals surface area contributed by atoms with Gasteiger partial charge in [0, 0.05) is 5.92 Å². The number of phosphoric acid groups is 1. The molecule has 0 fully saturated rings. The Labute approximate surface area is 447 Å². The minimum absolute atomic E-state index is 0.000908. The van der Waals surface area contributed by atoms with Crippen molar-refractivity contribution in [2.45, 2.75) is 51.4 Å². The Balaban J connectivity index is 5.21. The molecular formula is C46H88N2O26P2. The van der Waals surface area contributed by atoms with E-state index in [-0.39, 0.29) is 237 Å². The van der Waals surface area contributed by atoms with Crippen molar-refractivity contribution in [3.8, 4) is 12.1 Å². The molecule has 3 atom stereocenters. The molecule has 0 aromatic heterocycles. The van der Waals surface area contributed by atoms with Gasteiger partial charge in [-0.1, -0.05) is 0 Å². The van der Waals surface area contributed by atoms with Crippen LogP contribution in [0.2, 0.25) is 0 Å². The molecule has 0 aromatic carbocycles. The Morgan fingerprint density at radius 2 is 0.776 bits per heavy atom. The number of nitriles is 2. The number of phosphoric ester groups is 1. The van der Waals surface area contributed by atoms with Gasteiger partial charge in [-0.2, -0.15) is 10.5 Å². The Morgan fingerprint density at radius 3 is 1.18 bits per heavy atom. The molecule has 0 aliphatic rings. The minimum atomic E-state index is -4.28. The first-order valence-electron chi connectivity index (χ1n) is 25.2. The summed E-state index contributed by atoms with van der Waals surface area (Å²) in [6, 6.07) is 3.85. The molecule has 0 rings (SSSR count). The molecule has 0 aliphatic heterocycles. The number of esters is 1. The van der Waals surface area contributed by atoms with Crippen LogP contribution in [-0.2, 0) is 103 Å². The van der Waals surface area contributed by atoms with Crippen LogP contribution in [0.3, 0.4) is 0 Å². The third kappa shape index (κ3) is 49.1. The van der Waals surface area contributed by atoms with Gasteiger partial charge >= 0.3 is 21.4 Å². The lowest BCUT2D eigenvalue weighted by molar-refractivity contribution is -0.165. The van der Waals surface area contributed by atoms with Gasteiger partial charge in [0.2, 0.25) is 0 Å². The first-order valence-corrected chi connectivity index (χ1v) is 28.4. The van der Waals surface area contributed by atoms with Gasteiger partial charge in [0.05, 0.1) is 243 Å². The van der Waals surface area contributed by atoms with E-state index in [4.69, 9.17) is 120 Å². The number of aliphatic hydroxyl groups is 4. The molecule has 0 spiro atoms. The highest BCUT2D eigenvalue weighted by atomic mass is 31.2. The molecule has 28 nitrogen and oxygen atoms in total. The highest BCUT2D eigenvalue weighted by Gasteiger charge is 2.32. The van der Waals surface area contributed by atoms with Crippen LogP contribution in [0, 0.1) is 28.6 Å². The van der Waals surface area contributed by atoms with Crippen molar-refractivity contribution in [1.29, 1.82) is 10.5 Å². The molecule has 0 heterocycles. The summed E-state index contributed by atoms with van der Waals surface area (Å²) in [5.41, 5.74) is -0.735. The summed E-state index contributed by atoms with van der Waals surface area (Å²) < 4.78 is 133. The maximum Gasteiger partial charge on any atom is 0.475 e. The number of ether oxygens (including phenoxy) is 14. The van der Waals surface area contributed by atoms with Crippen LogP contribution in [0.15, 0.2) is 0 Å². The van der Waals surface area contributed by atoms with Gasteiger partial charge in [-0.3, -0.25) is 18.1 Å². The third-order valence-corrected chi connectivity index (χ3v) is 12.3. The fourth-order valence-electron chi connectivity index (χ4n) is 5.52. The van der Waals surface area contributed by atoms with Gasteiger partial charge in [0.25, 0.3) is 0 Å². The van der Waals surface area contributed by atoms with Crippen molar-refractivity contribution in [1.82, 2.24) is 0 Å². The van der Waals surface area contributed by atoms with Crippen molar-refractivity contribution in [2.75, 3.05) is 224 Å². The monoisotopic (exact) mass is 1150 g/mol. The lowest BCUT2D eigenvalue weighted by atomic mass is 10.2. The quantitative estimate of drug-likeness (QED) is 0.0376. The number of carbonyl (C=O) groups is 1. The summed E-state index contributed by atoms with van der Waals surface area (Å²) >= 11 is 0. The fourth-order valence-corrected chi connectivity index (χ4v) is 8.66. The maximum absolute atomic E-state index is 13.9. The molecule has 76 heavy (non-hydrogen) atoms. The predicted molar refractivity (Wildman–Crippen MR) is 266 cm³/mol. The van der Waals surface area contributed by atoms with Gasteiger partial charge in [-0.05, 0) is 20.8 Å². The fraction of sp³-hybridized carbons (Fsp3) is 0.935. The predicted octanol–water partition coefficient (Wildman–Crippen LogP) is 1.08. The van der Waals surface area contributed by atoms with Crippen molar-refractivity contribution < 1.29 is 123 Å². The zero-order chi connectivity index (χ0) is 56.1. The lowest BCUT2D eigenvalue weighted by Gasteiger charge is -2.24. The van der Waals surface area contributed by atoms with Gasteiger partial charge < -0.3 is 95.8 Å². The number of hydrogen-bond donors (Lipinski definition) is 4. The van der Waals surface area contributed by atoms with Crippen molar-refractivity contribution in [3.05, 3.63) is 0 Å². The third-order valence-electron chi connectivity index (χ3n) is 8.67. The van der Waals surface area contributed by atoms with E-state index < -0.39 is 45.1 Å². The van der Waals surface area contributed by atoms with E-state index in [0.717, 1.165) is 0 Å². The largest absolute Gasteiger partial charge is 0.475 e. The van der Waals surface area contributed by atoms with Crippen LogP contribution < -0.4 is 0 Å². The number of rotatable bonds is 59. The number of aliphatic hydroxyl groups excluding tert-OH is 4. The zero-order valence-electron chi connectivity index (χ0n) is 44.7. The smallest absolute Gasteiger partial charge is 0.458 e. The standard InChI is InChI=1S/C46H88N2O26P2/c1-46(2,3)73-45(53)40-68-43(36-64-28-22-60-30-32-70-75(54,69-12-4-6-47)41-42(34-62-24-18-56-14-8-49)35-63-25-19-57-15-9-50)37-65-29-23-61-31-33-72-76(55,71-13-5-7-48)74-44(38-66-26-20-58-16-10-51)39-67-27-21-59-17-11-52/h42-44,49-52H,4-5,8-41H2,1-3H3. The summed E-state index contributed by atoms with van der Waals surface area (Å²) in [6.45, 7) is 6.05. The van der Waals surface area contributed by atoms with Crippen molar-refractivity contribution in [3.63, 3.8) is 0 Å². The maximum atomic E-state index is 13.9. The van der Waals surface area contributed by atoms with E-state index in [9.17, 15) is 13.9 Å². The first kappa shape index (κ1) is 74.0. The number of carbonyl (C=O) groups excluding carboxylic acids is 1. The highest BCUT2D eigenvalue weighted by Crippen LogP contribution is 2.51. The highest BCUT2D eigenvalue weighted by molar-refractivity contribution is 7.53.